The second kappa shape index (κ2) is 11.7. The van der Waals surface area contributed by atoms with Crippen LogP contribution in [0, 0.1) is 0 Å². The molecule has 31 heavy (non-hydrogen) atoms. The van der Waals surface area contributed by atoms with Crippen LogP contribution in [0.4, 0.5) is 5.69 Å². The van der Waals surface area contributed by atoms with Gasteiger partial charge in [0.05, 0.1) is 5.69 Å². The Morgan fingerprint density at radius 3 is 2.39 bits per heavy atom. The predicted molar refractivity (Wildman–Crippen MR) is 129 cm³/mol. The highest BCUT2D eigenvalue weighted by atomic mass is 35.5. The predicted octanol–water partition coefficient (Wildman–Crippen LogP) is 5.32. The fourth-order valence-corrected chi connectivity index (χ4v) is 3.02. The molecule has 3 aromatic carbocycles. The molecule has 2 N–H and O–H groups in total. The number of para-hydroxylation sites is 3. The second-order valence-electron chi connectivity index (χ2n) is 6.30. The lowest BCUT2D eigenvalue weighted by molar-refractivity contribution is -0.115. The van der Waals surface area contributed by atoms with Crippen LogP contribution in [0.3, 0.4) is 0 Å². The third-order valence-corrected chi connectivity index (χ3v) is 4.59. The van der Waals surface area contributed by atoms with Gasteiger partial charge in [-0.2, -0.15) is 0 Å². The van der Waals surface area contributed by atoms with Crippen molar-refractivity contribution in [2.24, 2.45) is 0 Å². The van der Waals surface area contributed by atoms with Crippen LogP contribution in [-0.4, -0.2) is 24.2 Å². The second-order valence-corrected chi connectivity index (χ2v) is 7.12. The van der Waals surface area contributed by atoms with Gasteiger partial charge in [-0.15, -0.1) is 0 Å². The Morgan fingerprint density at radius 1 is 0.903 bits per heavy atom. The number of anilines is 1. The van der Waals surface area contributed by atoms with E-state index in [1.54, 1.807) is 12.1 Å². The summed E-state index contributed by atoms with van der Waals surface area (Å²) >= 11 is 11.3. The Morgan fingerprint density at radius 2 is 1.58 bits per heavy atom. The molecule has 0 heterocycles. The molecule has 0 spiro atoms. The zero-order chi connectivity index (χ0) is 21.9. The first kappa shape index (κ1) is 22.3. The molecular weight excluding hydrogens is 432 g/mol. The van der Waals surface area contributed by atoms with Crippen LogP contribution in [0.15, 0.2) is 84.9 Å². The molecule has 3 aromatic rings. The number of rotatable bonds is 8. The van der Waals surface area contributed by atoms with Crippen molar-refractivity contribution in [1.82, 2.24) is 5.32 Å². The third kappa shape index (κ3) is 7.44. The molecule has 0 aromatic heterocycles. The average Bonchev–Trinajstić information content (AvgIpc) is 2.78. The van der Waals surface area contributed by atoms with Gasteiger partial charge in [0.15, 0.2) is 5.11 Å². The van der Waals surface area contributed by atoms with Crippen molar-refractivity contribution in [2.75, 3.05) is 18.5 Å². The summed E-state index contributed by atoms with van der Waals surface area (Å²) in [7, 11) is 0. The average molecular weight is 453 g/mol. The number of amides is 1. The van der Waals surface area contributed by atoms with E-state index in [2.05, 4.69) is 10.6 Å². The van der Waals surface area contributed by atoms with Crippen LogP contribution in [0.2, 0.25) is 5.02 Å². The van der Waals surface area contributed by atoms with Crippen LogP contribution >= 0.6 is 23.8 Å². The molecule has 158 valence electrons. The SMILES string of the molecule is O=C(/C=C/c1ccccc1Cl)NC(=S)Nc1ccccc1OCCOc1ccccc1. The summed E-state index contributed by atoms with van der Waals surface area (Å²) in [6.07, 6.45) is 3.00. The molecule has 0 atom stereocenters. The first-order valence-electron chi connectivity index (χ1n) is 9.56. The summed E-state index contributed by atoms with van der Waals surface area (Å²) in [6, 6.07) is 24.1. The lowest BCUT2D eigenvalue weighted by Crippen LogP contribution is -2.33. The van der Waals surface area contributed by atoms with Crippen LogP contribution in [0.1, 0.15) is 5.56 Å². The molecule has 0 unspecified atom stereocenters. The zero-order valence-corrected chi connectivity index (χ0v) is 18.2. The topological polar surface area (TPSA) is 59.6 Å². The zero-order valence-electron chi connectivity index (χ0n) is 16.6. The van der Waals surface area contributed by atoms with E-state index < -0.39 is 0 Å². The maximum absolute atomic E-state index is 12.1. The molecule has 0 aliphatic heterocycles. The lowest BCUT2D eigenvalue weighted by Gasteiger charge is -2.14. The Labute approximate surface area is 191 Å². The molecule has 0 aliphatic rings. The van der Waals surface area contributed by atoms with Crippen LogP contribution < -0.4 is 20.1 Å². The number of benzene rings is 3. The van der Waals surface area contributed by atoms with Crippen molar-refractivity contribution >= 4 is 46.6 Å². The van der Waals surface area contributed by atoms with Gasteiger partial charge in [-0.05, 0) is 54.2 Å². The van der Waals surface area contributed by atoms with Gasteiger partial charge in [0, 0.05) is 11.1 Å². The molecule has 3 rings (SSSR count). The van der Waals surface area contributed by atoms with Gasteiger partial charge < -0.3 is 14.8 Å². The molecule has 0 saturated carbocycles. The number of thiocarbonyl (C=S) groups is 1. The van der Waals surface area contributed by atoms with E-state index in [4.69, 9.17) is 33.3 Å². The van der Waals surface area contributed by atoms with E-state index in [-0.39, 0.29) is 11.0 Å². The van der Waals surface area contributed by atoms with Crippen LogP contribution in [0.25, 0.3) is 6.08 Å². The molecule has 0 saturated heterocycles. The van der Waals surface area contributed by atoms with E-state index in [0.717, 1.165) is 11.3 Å². The number of ether oxygens (including phenoxy) is 2. The van der Waals surface area contributed by atoms with E-state index in [1.807, 2.05) is 72.8 Å². The van der Waals surface area contributed by atoms with Gasteiger partial charge in [0.2, 0.25) is 5.91 Å². The van der Waals surface area contributed by atoms with E-state index in [9.17, 15) is 4.79 Å². The van der Waals surface area contributed by atoms with Gasteiger partial charge >= 0.3 is 0 Å². The smallest absolute Gasteiger partial charge is 0.250 e. The minimum Gasteiger partial charge on any atom is -0.490 e. The first-order chi connectivity index (χ1) is 15.1. The molecule has 0 bridgehead atoms. The third-order valence-electron chi connectivity index (χ3n) is 4.04. The van der Waals surface area contributed by atoms with Gasteiger partial charge in [-0.1, -0.05) is 60.1 Å². The highest BCUT2D eigenvalue weighted by Crippen LogP contribution is 2.23. The number of halogens is 1. The minimum atomic E-state index is -0.368. The lowest BCUT2D eigenvalue weighted by atomic mass is 10.2. The van der Waals surface area contributed by atoms with Gasteiger partial charge in [0.25, 0.3) is 0 Å². The number of nitrogens with one attached hydrogen (secondary N) is 2. The highest BCUT2D eigenvalue weighted by molar-refractivity contribution is 7.80. The van der Waals surface area contributed by atoms with Gasteiger partial charge in [-0.25, -0.2) is 0 Å². The Balaban J connectivity index is 1.49. The quantitative estimate of drug-likeness (QED) is 0.275. The van der Waals surface area contributed by atoms with Crippen molar-refractivity contribution in [1.29, 1.82) is 0 Å². The largest absolute Gasteiger partial charge is 0.490 e. The summed E-state index contributed by atoms with van der Waals surface area (Å²) in [6.45, 7) is 0.750. The Bertz CT molecular complexity index is 1060. The van der Waals surface area contributed by atoms with Crippen LogP contribution in [-0.2, 0) is 4.79 Å². The van der Waals surface area contributed by atoms with Crippen molar-refractivity contribution in [2.45, 2.75) is 0 Å². The molecule has 7 heteroatoms. The number of carbonyl (C=O) groups is 1. The van der Waals surface area contributed by atoms with Gasteiger partial charge in [0.1, 0.15) is 24.7 Å². The van der Waals surface area contributed by atoms with Crippen molar-refractivity contribution < 1.29 is 14.3 Å². The monoisotopic (exact) mass is 452 g/mol. The summed E-state index contributed by atoms with van der Waals surface area (Å²) in [5.74, 6) is 1.01. The van der Waals surface area contributed by atoms with Crippen molar-refractivity contribution in [3.05, 3.63) is 95.5 Å². The van der Waals surface area contributed by atoms with Crippen LogP contribution in [0.5, 0.6) is 11.5 Å². The normalized spacial score (nSPS) is 10.5. The molecule has 1 amide bonds. The van der Waals surface area contributed by atoms with Crippen molar-refractivity contribution in [3.63, 3.8) is 0 Å². The number of hydrogen-bond acceptors (Lipinski definition) is 4. The minimum absolute atomic E-state index is 0.158. The first-order valence-corrected chi connectivity index (χ1v) is 10.3. The maximum Gasteiger partial charge on any atom is 0.250 e. The maximum atomic E-state index is 12.1. The highest BCUT2D eigenvalue weighted by Gasteiger charge is 2.07. The fraction of sp³-hybridized carbons (Fsp3) is 0.0833. The summed E-state index contributed by atoms with van der Waals surface area (Å²) < 4.78 is 11.4. The molecule has 0 aliphatic carbocycles. The standard InChI is InChI=1S/C24H21ClN2O3S/c25-20-11-5-4-8-18(20)14-15-23(28)27-24(31)26-21-12-6-7-13-22(21)30-17-16-29-19-9-2-1-3-10-19/h1-15H,16-17H2,(H2,26,27,28,31)/b15-14+. The fourth-order valence-electron chi connectivity index (χ4n) is 2.61. The summed E-state index contributed by atoms with van der Waals surface area (Å²) in [4.78, 5) is 12.1. The Kier molecular flexibility index (Phi) is 8.46. The molecule has 5 nitrogen and oxygen atoms in total. The Hall–Kier alpha value is -3.35. The van der Waals surface area contributed by atoms with E-state index in [0.29, 0.717) is 29.7 Å². The van der Waals surface area contributed by atoms with Gasteiger partial charge in [-0.3, -0.25) is 10.1 Å². The summed E-state index contributed by atoms with van der Waals surface area (Å²) in [5.41, 5.74) is 1.39. The summed E-state index contributed by atoms with van der Waals surface area (Å²) in [5, 5.41) is 6.31. The van der Waals surface area contributed by atoms with E-state index in [1.165, 1.54) is 6.08 Å². The number of hydrogen-bond donors (Lipinski definition) is 2. The van der Waals surface area contributed by atoms with Crippen molar-refractivity contribution in [3.8, 4) is 11.5 Å². The molecular formula is C24H21ClN2O3S. The molecule has 0 fully saturated rings. The number of carbonyl (C=O) groups excluding carboxylic acids is 1. The molecule has 0 radical (unpaired) electrons. The van der Waals surface area contributed by atoms with E-state index >= 15 is 0 Å².